The number of hydrazine groups is 1. The van der Waals surface area contributed by atoms with Gasteiger partial charge in [0.15, 0.2) is 0 Å². The van der Waals surface area contributed by atoms with Crippen LogP contribution < -0.4 is 22.5 Å². The first kappa shape index (κ1) is 31.7. The number of Topliss-reactive ketones (excluding diaryl/α,β-unsaturated/α-hetero) is 1. The van der Waals surface area contributed by atoms with Crippen LogP contribution in [0.3, 0.4) is 0 Å². The maximum atomic E-state index is 14.0. The van der Waals surface area contributed by atoms with Crippen LogP contribution in [0.1, 0.15) is 53.0 Å². The van der Waals surface area contributed by atoms with Crippen LogP contribution in [0.2, 0.25) is 0 Å². The fourth-order valence-corrected chi connectivity index (χ4v) is 4.54. The summed E-state index contributed by atoms with van der Waals surface area (Å²) in [4.78, 5) is 40.1. The molecule has 0 saturated heterocycles. The van der Waals surface area contributed by atoms with Crippen LogP contribution in [0.15, 0.2) is 36.4 Å². The van der Waals surface area contributed by atoms with Crippen molar-refractivity contribution in [2.24, 2.45) is 46.6 Å². The Kier molecular flexibility index (Phi) is 13.9. The van der Waals surface area contributed by atoms with Gasteiger partial charge in [-0.15, -0.1) is 12.4 Å². The van der Waals surface area contributed by atoms with Crippen molar-refractivity contribution in [1.29, 1.82) is 0 Å². The summed E-state index contributed by atoms with van der Waals surface area (Å²) in [5.41, 5.74) is 9.16. The highest BCUT2D eigenvalue weighted by molar-refractivity contribution is 5.98. The van der Waals surface area contributed by atoms with Crippen molar-refractivity contribution < 1.29 is 19.6 Å². The molecule has 0 aliphatic carbocycles. The van der Waals surface area contributed by atoms with Crippen molar-refractivity contribution >= 4 is 36.1 Å². The SMILES string of the molecule is CC(C)C[C@@H](C(=O)NN)[C@H](C(=O)NO)C(/C=C/c1ccccc1)(CC(C)C)C(=O)C(C)CN.Cl. The number of nitrogens with two attached hydrogens (primary N) is 2. The molecule has 0 spiro atoms. The lowest BCUT2D eigenvalue weighted by Gasteiger charge is -2.42. The highest BCUT2D eigenvalue weighted by atomic mass is 35.5. The zero-order chi connectivity index (χ0) is 25.2. The Morgan fingerprint density at radius 1 is 1.03 bits per heavy atom. The molecule has 1 rings (SSSR count). The van der Waals surface area contributed by atoms with Gasteiger partial charge >= 0.3 is 0 Å². The number of halogens is 1. The second kappa shape index (κ2) is 14.9. The third kappa shape index (κ3) is 8.20. The van der Waals surface area contributed by atoms with Crippen molar-refractivity contribution in [3.05, 3.63) is 42.0 Å². The first-order valence-electron chi connectivity index (χ1n) is 11.5. The van der Waals surface area contributed by atoms with Crippen molar-refractivity contribution in [3.63, 3.8) is 0 Å². The molecule has 9 heteroatoms. The van der Waals surface area contributed by atoms with Gasteiger partial charge in [0, 0.05) is 12.5 Å². The summed E-state index contributed by atoms with van der Waals surface area (Å²) in [6, 6.07) is 9.39. The molecule has 34 heavy (non-hydrogen) atoms. The molecule has 1 aromatic carbocycles. The highest BCUT2D eigenvalue weighted by Gasteiger charge is 2.53. The molecule has 8 nitrogen and oxygen atoms in total. The topological polar surface area (TPSA) is 148 Å². The number of allylic oxidation sites excluding steroid dienone is 1. The van der Waals surface area contributed by atoms with E-state index in [0.29, 0.717) is 6.42 Å². The highest BCUT2D eigenvalue weighted by Crippen LogP contribution is 2.45. The molecule has 2 unspecified atom stereocenters. The predicted octanol–water partition coefficient (Wildman–Crippen LogP) is 3.09. The maximum absolute atomic E-state index is 14.0. The molecule has 0 aromatic heterocycles. The van der Waals surface area contributed by atoms with Crippen LogP contribution in [-0.4, -0.2) is 29.3 Å². The number of ketones is 1. The normalized spacial score (nSPS) is 15.8. The minimum Gasteiger partial charge on any atom is -0.330 e. The summed E-state index contributed by atoms with van der Waals surface area (Å²) in [5.74, 6) is 1.17. The van der Waals surface area contributed by atoms with E-state index in [9.17, 15) is 19.6 Å². The van der Waals surface area contributed by atoms with E-state index in [1.54, 1.807) is 24.6 Å². The van der Waals surface area contributed by atoms with E-state index in [4.69, 9.17) is 11.6 Å². The zero-order valence-corrected chi connectivity index (χ0v) is 21.6. The van der Waals surface area contributed by atoms with Crippen molar-refractivity contribution in [3.8, 4) is 0 Å². The van der Waals surface area contributed by atoms with Gasteiger partial charge in [0.2, 0.25) is 11.8 Å². The third-order valence-electron chi connectivity index (χ3n) is 5.93. The molecule has 0 radical (unpaired) electrons. The Morgan fingerprint density at radius 2 is 1.62 bits per heavy atom. The lowest BCUT2D eigenvalue weighted by atomic mass is 9.59. The van der Waals surface area contributed by atoms with E-state index < -0.39 is 35.0 Å². The quantitative estimate of drug-likeness (QED) is 0.123. The molecular weight excluding hydrogens is 456 g/mol. The lowest BCUT2D eigenvalue weighted by Crippen LogP contribution is -2.55. The predicted molar refractivity (Wildman–Crippen MR) is 137 cm³/mol. The van der Waals surface area contributed by atoms with E-state index in [-0.39, 0.29) is 43.0 Å². The standard InChI is InChI=1S/C25H40N4O4.ClH/c1-16(2)13-20(23(31)28-27)21(24(32)29-33)25(14-17(3)4,22(30)18(5)15-26)12-11-19-9-7-6-8-10-19;/h6-12,16-18,20-21,33H,13-15,26-27H2,1-5H3,(H,28,31)(H,29,32);1H/b12-11+;/t18?,20-,21-,25?;/m1./s1. The molecule has 1 aromatic rings. The minimum absolute atomic E-state index is 0. The Labute approximate surface area is 209 Å². The Balaban J connectivity index is 0.0000109. The van der Waals surface area contributed by atoms with Crippen molar-refractivity contribution in [1.82, 2.24) is 10.9 Å². The van der Waals surface area contributed by atoms with E-state index in [1.165, 1.54) is 0 Å². The molecule has 0 heterocycles. The van der Waals surface area contributed by atoms with Gasteiger partial charge in [0.05, 0.1) is 17.3 Å². The summed E-state index contributed by atoms with van der Waals surface area (Å²) in [7, 11) is 0. The molecule has 0 bridgehead atoms. The molecule has 0 aliphatic heterocycles. The van der Waals surface area contributed by atoms with E-state index in [0.717, 1.165) is 5.56 Å². The molecular formula is C25H41ClN4O4. The first-order chi connectivity index (χ1) is 15.5. The van der Waals surface area contributed by atoms with E-state index in [2.05, 4.69) is 5.43 Å². The zero-order valence-electron chi connectivity index (χ0n) is 20.8. The van der Waals surface area contributed by atoms with Crippen molar-refractivity contribution in [2.75, 3.05) is 6.54 Å². The second-order valence-electron chi connectivity index (χ2n) is 9.58. The van der Waals surface area contributed by atoms with Crippen LogP contribution in [0.4, 0.5) is 0 Å². The summed E-state index contributed by atoms with van der Waals surface area (Å²) < 4.78 is 0. The van der Waals surface area contributed by atoms with Crippen LogP contribution in [-0.2, 0) is 14.4 Å². The monoisotopic (exact) mass is 496 g/mol. The van der Waals surface area contributed by atoms with Gasteiger partial charge in [-0.05, 0) is 30.2 Å². The minimum atomic E-state index is -1.40. The Hall–Kier alpha value is -2.26. The summed E-state index contributed by atoms with van der Waals surface area (Å²) in [5, 5.41) is 9.68. The number of nitrogens with one attached hydrogen (secondary N) is 2. The van der Waals surface area contributed by atoms with Crippen LogP contribution in [0, 0.1) is 35.0 Å². The second-order valence-corrected chi connectivity index (χ2v) is 9.58. The summed E-state index contributed by atoms with van der Waals surface area (Å²) in [6.07, 6.45) is 4.08. The lowest BCUT2D eigenvalue weighted by molar-refractivity contribution is -0.152. The average Bonchev–Trinajstić information content (AvgIpc) is 2.80. The number of rotatable bonds is 13. The third-order valence-corrected chi connectivity index (χ3v) is 5.93. The Morgan fingerprint density at radius 3 is 2.06 bits per heavy atom. The molecule has 4 atom stereocenters. The van der Waals surface area contributed by atoms with E-state index >= 15 is 0 Å². The smallest absolute Gasteiger partial charge is 0.248 e. The molecule has 0 aliphatic rings. The Bertz CT molecular complexity index is 816. The van der Waals surface area contributed by atoms with Gasteiger partial charge < -0.3 is 5.73 Å². The number of hydroxylamine groups is 1. The van der Waals surface area contributed by atoms with Gasteiger partial charge in [-0.3, -0.25) is 25.0 Å². The number of amides is 2. The van der Waals surface area contributed by atoms with E-state index in [1.807, 2.05) is 58.0 Å². The molecule has 7 N–H and O–H groups in total. The van der Waals surface area contributed by atoms with Crippen LogP contribution >= 0.6 is 12.4 Å². The van der Waals surface area contributed by atoms with Crippen LogP contribution in [0.25, 0.3) is 6.08 Å². The number of carbonyl (C=O) groups excluding carboxylic acids is 3. The maximum Gasteiger partial charge on any atom is 0.248 e. The number of benzene rings is 1. The molecule has 192 valence electrons. The molecule has 0 fully saturated rings. The van der Waals surface area contributed by atoms with Crippen LogP contribution in [0.5, 0.6) is 0 Å². The van der Waals surface area contributed by atoms with Gasteiger partial charge in [-0.2, -0.15) is 0 Å². The summed E-state index contributed by atoms with van der Waals surface area (Å²) >= 11 is 0. The fraction of sp³-hybridized carbons (Fsp3) is 0.560. The molecule has 2 amide bonds. The largest absolute Gasteiger partial charge is 0.330 e. The van der Waals surface area contributed by atoms with Gasteiger partial charge in [0.1, 0.15) is 5.78 Å². The van der Waals surface area contributed by atoms with Gasteiger partial charge in [-0.25, -0.2) is 11.3 Å². The average molecular weight is 497 g/mol. The number of carbonyl (C=O) groups is 3. The number of hydrogen-bond donors (Lipinski definition) is 5. The van der Waals surface area contributed by atoms with Gasteiger partial charge in [-0.1, -0.05) is 77.1 Å². The molecule has 0 saturated carbocycles. The van der Waals surface area contributed by atoms with Crippen molar-refractivity contribution in [2.45, 2.75) is 47.5 Å². The fourth-order valence-electron chi connectivity index (χ4n) is 4.54. The first-order valence-corrected chi connectivity index (χ1v) is 11.5. The van der Waals surface area contributed by atoms with Gasteiger partial charge in [0.25, 0.3) is 0 Å². The number of hydrogen-bond acceptors (Lipinski definition) is 6. The summed E-state index contributed by atoms with van der Waals surface area (Å²) in [6.45, 7) is 9.52.